The molecule has 348 valence electrons. The van der Waals surface area contributed by atoms with Gasteiger partial charge in [0.05, 0.1) is 22.8 Å². The second-order valence-electron chi connectivity index (χ2n) is 17.0. The summed E-state index contributed by atoms with van der Waals surface area (Å²) in [5.41, 5.74) is 7.42. The van der Waals surface area contributed by atoms with Gasteiger partial charge < -0.3 is 35.3 Å². The molecule has 0 spiro atoms. The first-order valence-corrected chi connectivity index (χ1v) is 22.4. The van der Waals surface area contributed by atoms with Gasteiger partial charge in [-0.3, -0.25) is 9.59 Å². The van der Waals surface area contributed by atoms with Crippen LogP contribution >= 0.6 is 0 Å². The van der Waals surface area contributed by atoms with Crippen LogP contribution in [0.2, 0.25) is 0 Å². The minimum Gasteiger partial charge on any atom is -0.443 e. The molecule has 64 heavy (non-hydrogen) atoms. The zero-order valence-corrected chi connectivity index (χ0v) is 37.3. The number of nitrogens with zero attached hydrogens (tertiary/aromatic N) is 3. The summed E-state index contributed by atoms with van der Waals surface area (Å²) < 4.78 is 98.5. The van der Waals surface area contributed by atoms with E-state index in [0.29, 0.717) is 53.9 Å². The Bertz CT molecular complexity index is 2360. The Morgan fingerprint density at radius 2 is 1.64 bits per heavy atom. The van der Waals surface area contributed by atoms with Crippen molar-refractivity contribution in [2.75, 3.05) is 45.9 Å². The van der Waals surface area contributed by atoms with Gasteiger partial charge in [-0.25, -0.2) is 27.0 Å². The van der Waals surface area contributed by atoms with Crippen molar-refractivity contribution >= 4 is 45.6 Å². The molecular weight excluding hydrogens is 863 g/mol. The van der Waals surface area contributed by atoms with Crippen molar-refractivity contribution in [3.63, 3.8) is 0 Å². The van der Waals surface area contributed by atoms with Crippen LogP contribution in [-0.4, -0.2) is 104 Å². The molecule has 2 aliphatic heterocycles. The normalized spacial score (nSPS) is 14.7. The highest BCUT2D eigenvalue weighted by atomic mass is 32.2. The number of hydrogen-bond donors (Lipinski definition) is 3. The molecule has 0 aliphatic carbocycles. The van der Waals surface area contributed by atoms with Gasteiger partial charge in [-0.15, -0.1) is 0 Å². The van der Waals surface area contributed by atoms with Gasteiger partial charge in [0.15, 0.2) is 11.6 Å². The number of fused-ring (bicyclic) bond motifs is 1. The highest BCUT2D eigenvalue weighted by Crippen LogP contribution is 2.34. The number of sulfonamides is 1. The summed E-state index contributed by atoms with van der Waals surface area (Å²) in [6.07, 6.45) is 2.18. The quantitative estimate of drug-likeness (QED) is 0.0350. The van der Waals surface area contributed by atoms with E-state index < -0.39 is 62.3 Å². The number of alkyl carbamates (subject to hydrolysis) is 1. The van der Waals surface area contributed by atoms with Gasteiger partial charge >= 0.3 is 12.1 Å². The summed E-state index contributed by atoms with van der Waals surface area (Å²) >= 11 is 0. The number of carbonyl (C=O) groups excluding carboxylic acids is 3. The number of esters is 1. The maximum Gasteiger partial charge on any atom is 0.407 e. The maximum absolute atomic E-state index is 13.9. The third kappa shape index (κ3) is 12.9. The summed E-state index contributed by atoms with van der Waals surface area (Å²) in [6.45, 7) is 10.2. The minimum atomic E-state index is -3.72. The van der Waals surface area contributed by atoms with Crippen LogP contribution in [0, 0.1) is 29.2 Å². The smallest absolute Gasteiger partial charge is 0.407 e. The van der Waals surface area contributed by atoms with E-state index in [2.05, 4.69) is 15.0 Å². The van der Waals surface area contributed by atoms with E-state index in [1.54, 1.807) is 69.0 Å². The lowest BCUT2D eigenvalue weighted by Crippen LogP contribution is -2.51. The number of carbonyl (C=O) groups is 3. The molecule has 0 saturated carbocycles. The Balaban J connectivity index is 1.09. The number of ether oxygens (including phenoxy) is 3. The number of halogens is 4. The number of nitrogens with two attached hydrogens (primary N) is 1. The predicted octanol–water partition coefficient (Wildman–Crippen LogP) is 7.00. The van der Waals surface area contributed by atoms with Crippen LogP contribution < -0.4 is 15.8 Å². The molecule has 2 amide bonds. The van der Waals surface area contributed by atoms with Crippen molar-refractivity contribution < 1.29 is 59.7 Å². The van der Waals surface area contributed by atoms with Crippen LogP contribution in [0.1, 0.15) is 78.7 Å². The fourth-order valence-electron chi connectivity index (χ4n) is 6.97. The number of nitrogens with one attached hydrogen (secondary N) is 1. The molecular formula is C45H55F4N5O9S. The summed E-state index contributed by atoms with van der Waals surface area (Å²) in [4.78, 5) is 45.3. The fraction of sp³-hybridized carbons (Fsp3) is 0.467. The highest BCUT2D eigenvalue weighted by molar-refractivity contribution is 7.89. The third-order valence-electron chi connectivity index (χ3n) is 10.7. The van der Waals surface area contributed by atoms with E-state index in [4.69, 9.17) is 15.2 Å². The first kappa shape index (κ1) is 49.6. The Kier molecular flexibility index (Phi) is 16.4. The zero-order chi connectivity index (χ0) is 47.0. The second kappa shape index (κ2) is 21.1. The Labute approximate surface area is 370 Å². The number of benzene rings is 3. The fourth-order valence-corrected chi connectivity index (χ4v) is 8.61. The average Bonchev–Trinajstić information content (AvgIpc) is 3.38. The van der Waals surface area contributed by atoms with Gasteiger partial charge in [-0.05, 0) is 82.4 Å². The topological polar surface area (TPSA) is 190 Å². The molecule has 0 radical (unpaired) electrons. The number of hydrogen-bond acceptors (Lipinski definition) is 11. The number of rotatable bonds is 20. The van der Waals surface area contributed by atoms with Crippen molar-refractivity contribution in [3.05, 3.63) is 82.9 Å². The van der Waals surface area contributed by atoms with E-state index in [9.17, 15) is 45.5 Å². The molecule has 0 bridgehead atoms. The summed E-state index contributed by atoms with van der Waals surface area (Å²) in [6, 6.07) is 12.1. The SMILES string of the molecule is CCCN(CCCNC(=O)OC(C)(C)CCOC(C)(C)CCC(=O)Oc1c(F)c(F)cc(F)c1F)C(=O)C1=Cc2ccc(-c3cccc(S(=O)(=O)N4CC(CO)C4)c3)cc2N=C(N)C1. The molecule has 19 heteroatoms. The van der Waals surface area contributed by atoms with E-state index in [-0.39, 0.29) is 87.2 Å². The van der Waals surface area contributed by atoms with E-state index in [1.165, 1.54) is 4.31 Å². The van der Waals surface area contributed by atoms with Crippen molar-refractivity contribution in [2.24, 2.45) is 16.6 Å². The molecule has 14 nitrogen and oxygen atoms in total. The molecule has 1 saturated heterocycles. The molecule has 1 fully saturated rings. The summed E-state index contributed by atoms with van der Waals surface area (Å²) in [7, 11) is -3.72. The first-order valence-electron chi connectivity index (χ1n) is 21.0. The lowest BCUT2D eigenvalue weighted by atomic mass is 10.0. The van der Waals surface area contributed by atoms with Crippen LogP contribution in [0.5, 0.6) is 5.75 Å². The van der Waals surface area contributed by atoms with Crippen molar-refractivity contribution in [2.45, 2.75) is 89.2 Å². The van der Waals surface area contributed by atoms with Gasteiger partial charge in [-0.2, -0.15) is 13.1 Å². The lowest BCUT2D eigenvalue weighted by Gasteiger charge is -2.36. The van der Waals surface area contributed by atoms with Crippen molar-refractivity contribution in [1.82, 2.24) is 14.5 Å². The number of amides is 2. The van der Waals surface area contributed by atoms with Crippen LogP contribution in [0.15, 0.2) is 64.0 Å². The van der Waals surface area contributed by atoms with Crippen molar-refractivity contribution in [1.29, 1.82) is 0 Å². The van der Waals surface area contributed by atoms with Gasteiger partial charge in [0, 0.05) is 81.7 Å². The van der Waals surface area contributed by atoms with Crippen molar-refractivity contribution in [3.8, 4) is 16.9 Å². The molecule has 5 rings (SSSR count). The number of aliphatic imine (C=N–C) groups is 1. The molecule has 0 atom stereocenters. The summed E-state index contributed by atoms with van der Waals surface area (Å²) in [5, 5.41) is 12.0. The number of amidine groups is 1. The van der Waals surface area contributed by atoms with Gasteiger partial charge in [0.25, 0.3) is 0 Å². The Morgan fingerprint density at radius 3 is 2.31 bits per heavy atom. The number of aliphatic hydroxyl groups excluding tert-OH is 1. The van der Waals surface area contributed by atoms with Crippen LogP contribution in [0.4, 0.5) is 28.0 Å². The Morgan fingerprint density at radius 1 is 0.953 bits per heavy atom. The van der Waals surface area contributed by atoms with E-state index in [1.807, 2.05) is 19.1 Å². The maximum atomic E-state index is 13.9. The first-order chi connectivity index (χ1) is 30.1. The van der Waals surface area contributed by atoms with Crippen LogP contribution in [0.25, 0.3) is 17.2 Å². The van der Waals surface area contributed by atoms with Crippen LogP contribution in [-0.2, 0) is 29.1 Å². The van der Waals surface area contributed by atoms with Gasteiger partial charge in [0.1, 0.15) is 11.4 Å². The second-order valence-corrected chi connectivity index (χ2v) is 18.9. The Hall–Kier alpha value is -5.37. The zero-order valence-electron chi connectivity index (χ0n) is 36.5. The molecule has 2 aliphatic rings. The monoisotopic (exact) mass is 917 g/mol. The average molecular weight is 918 g/mol. The van der Waals surface area contributed by atoms with E-state index in [0.717, 1.165) is 0 Å². The number of aliphatic hydroxyl groups is 1. The molecule has 2 heterocycles. The van der Waals surface area contributed by atoms with E-state index >= 15 is 0 Å². The van der Waals surface area contributed by atoms with Gasteiger partial charge in [-0.1, -0.05) is 31.2 Å². The van der Waals surface area contributed by atoms with Crippen LogP contribution in [0.3, 0.4) is 0 Å². The minimum absolute atomic E-state index is 0.00933. The molecule has 0 aromatic heterocycles. The highest BCUT2D eigenvalue weighted by Gasteiger charge is 2.36. The molecule has 3 aromatic rings. The summed E-state index contributed by atoms with van der Waals surface area (Å²) in [5.74, 6) is -9.69. The third-order valence-corrected chi connectivity index (χ3v) is 12.5. The molecule has 4 N–H and O–H groups in total. The molecule has 3 aromatic carbocycles. The molecule has 0 unspecified atom stereocenters. The van der Waals surface area contributed by atoms with Gasteiger partial charge in [0.2, 0.25) is 33.3 Å². The lowest BCUT2D eigenvalue weighted by molar-refractivity contribution is -0.137. The standard InChI is InChI=1S/C45H55F4N5O9S/c1-6-17-53(18-8-16-51-43(58)63-45(4,5)15-19-61-44(2,3)14-13-38(56)62-41-39(48)34(46)24-35(47)40(41)49)42(57)32-20-31-12-11-30(22-36(31)52-37(50)23-32)29-9-7-10-33(21-29)64(59,60)54-25-28(26-54)27-55/h7,9-12,20-22,24,28,55H,6,8,13-19,23,25-27H2,1-5H3,(H2,50,52)(H,51,58). The predicted molar refractivity (Wildman–Crippen MR) is 231 cm³/mol. The largest absolute Gasteiger partial charge is 0.443 e.